The lowest BCUT2D eigenvalue weighted by molar-refractivity contribution is 0.669. The number of para-hydroxylation sites is 4. The number of benzene rings is 8. The lowest BCUT2D eigenvalue weighted by Gasteiger charge is -2.11. The van der Waals surface area contributed by atoms with Crippen molar-refractivity contribution >= 4 is 43.9 Å². The molecule has 0 fully saturated rings. The molecule has 2 heterocycles. The maximum absolute atomic E-state index is 10.1. The zero-order valence-corrected chi connectivity index (χ0v) is 28.0. The minimum Gasteiger partial charge on any atom is -0.455 e. The Kier molecular flexibility index (Phi) is 6.87. The fourth-order valence-corrected chi connectivity index (χ4v) is 7.56. The van der Waals surface area contributed by atoms with Gasteiger partial charge in [0.2, 0.25) is 0 Å². The van der Waals surface area contributed by atoms with Crippen LogP contribution in [0.1, 0.15) is 5.56 Å². The van der Waals surface area contributed by atoms with Gasteiger partial charge in [-0.3, -0.25) is 0 Å². The van der Waals surface area contributed by atoms with Crippen molar-refractivity contribution in [3.63, 3.8) is 0 Å². The van der Waals surface area contributed by atoms with E-state index in [9.17, 15) is 5.26 Å². The summed E-state index contributed by atoms with van der Waals surface area (Å²) in [5.74, 6) is 0. The van der Waals surface area contributed by atoms with Gasteiger partial charge >= 0.3 is 0 Å². The highest BCUT2D eigenvalue weighted by Crippen LogP contribution is 2.39. The topological polar surface area (TPSA) is 50.1 Å². The van der Waals surface area contributed by atoms with Crippen molar-refractivity contribution in [2.45, 2.75) is 0 Å². The van der Waals surface area contributed by atoms with Crippen molar-refractivity contribution in [2.24, 2.45) is 0 Å². The third-order valence-electron chi connectivity index (χ3n) is 10.1. The molecule has 0 atom stereocenters. The Morgan fingerprint density at radius 2 is 0.731 bits per heavy atom. The van der Waals surface area contributed by atoms with Gasteiger partial charge in [-0.15, -0.1) is 0 Å². The third-order valence-corrected chi connectivity index (χ3v) is 10.1. The average Bonchev–Trinajstić information content (AvgIpc) is 3.80. The van der Waals surface area contributed by atoms with Crippen LogP contribution in [0.5, 0.6) is 0 Å². The number of hydrogen-bond donors (Lipinski definition) is 0. The van der Waals surface area contributed by atoms with Gasteiger partial charge in [0.1, 0.15) is 22.3 Å². The Labute approximate surface area is 300 Å². The fourth-order valence-electron chi connectivity index (χ4n) is 7.56. The van der Waals surface area contributed by atoms with E-state index in [0.29, 0.717) is 5.56 Å². The predicted molar refractivity (Wildman–Crippen MR) is 213 cm³/mol. The van der Waals surface area contributed by atoms with E-state index in [4.69, 9.17) is 8.83 Å². The Balaban J connectivity index is 0.988. The number of hydrogen-bond acceptors (Lipinski definition) is 3. The van der Waals surface area contributed by atoms with Crippen molar-refractivity contribution in [3.05, 3.63) is 181 Å². The zero-order valence-electron chi connectivity index (χ0n) is 28.0. The van der Waals surface area contributed by atoms with Gasteiger partial charge in [0.05, 0.1) is 11.6 Å². The number of rotatable bonds is 5. The second-order valence-electron chi connectivity index (χ2n) is 13.2. The van der Waals surface area contributed by atoms with Gasteiger partial charge in [-0.25, -0.2) is 0 Å². The van der Waals surface area contributed by atoms with E-state index in [1.165, 1.54) is 0 Å². The van der Waals surface area contributed by atoms with Crippen molar-refractivity contribution in [1.82, 2.24) is 0 Å². The summed E-state index contributed by atoms with van der Waals surface area (Å²) >= 11 is 0. The van der Waals surface area contributed by atoms with Gasteiger partial charge < -0.3 is 8.83 Å². The van der Waals surface area contributed by atoms with Gasteiger partial charge in [0.15, 0.2) is 0 Å². The monoisotopic (exact) mass is 663 g/mol. The van der Waals surface area contributed by atoms with E-state index in [-0.39, 0.29) is 0 Å². The van der Waals surface area contributed by atoms with Crippen molar-refractivity contribution in [2.75, 3.05) is 0 Å². The van der Waals surface area contributed by atoms with Crippen LogP contribution in [0.2, 0.25) is 0 Å². The molecule has 242 valence electrons. The highest BCUT2D eigenvalue weighted by molar-refractivity contribution is 6.10. The molecule has 0 saturated carbocycles. The minimum atomic E-state index is 0.619. The number of furan rings is 2. The van der Waals surface area contributed by atoms with Crippen LogP contribution in [0.15, 0.2) is 185 Å². The first-order valence-corrected chi connectivity index (χ1v) is 17.4. The Morgan fingerprint density at radius 3 is 1.27 bits per heavy atom. The molecule has 3 nitrogen and oxygen atoms in total. The minimum absolute atomic E-state index is 0.619. The molecule has 0 N–H and O–H groups in total. The van der Waals surface area contributed by atoms with Crippen LogP contribution in [-0.2, 0) is 0 Å². The normalized spacial score (nSPS) is 11.4. The van der Waals surface area contributed by atoms with Crippen LogP contribution in [0.4, 0.5) is 0 Å². The molecule has 0 aliphatic heterocycles. The first-order chi connectivity index (χ1) is 25.7. The van der Waals surface area contributed by atoms with Crippen LogP contribution in [0, 0.1) is 11.3 Å². The quantitative estimate of drug-likeness (QED) is 0.184. The summed E-state index contributed by atoms with van der Waals surface area (Å²) in [6, 6.07) is 63.2. The SMILES string of the molecule is N#Cc1cc(-c2ccc(-c3cccc(-c4cccc5c4oc4ccccc45)c3)cc2)cc(-c2cccc(-c3cccc4c3oc3ccccc34)c2)c1. The molecule has 0 unspecified atom stereocenters. The Morgan fingerprint density at radius 1 is 0.327 bits per heavy atom. The molecular weight excluding hydrogens is 635 g/mol. The summed E-state index contributed by atoms with van der Waals surface area (Å²) in [5, 5.41) is 14.5. The average molecular weight is 664 g/mol. The van der Waals surface area contributed by atoms with Gasteiger partial charge in [-0.05, 0) is 87.0 Å². The largest absolute Gasteiger partial charge is 0.455 e. The van der Waals surface area contributed by atoms with Crippen molar-refractivity contribution in [1.29, 1.82) is 5.26 Å². The molecule has 2 aromatic heterocycles. The van der Waals surface area contributed by atoms with E-state index >= 15 is 0 Å². The number of nitrogens with zero attached hydrogens (tertiary/aromatic N) is 1. The maximum atomic E-state index is 10.1. The predicted octanol–water partition coefficient (Wildman–Crippen LogP) is 13.7. The maximum Gasteiger partial charge on any atom is 0.143 e. The summed E-state index contributed by atoms with van der Waals surface area (Å²) in [6.07, 6.45) is 0. The van der Waals surface area contributed by atoms with Crippen molar-refractivity contribution in [3.8, 4) is 61.7 Å². The number of nitriles is 1. The molecule has 10 aromatic rings. The van der Waals surface area contributed by atoms with Crippen LogP contribution in [0.3, 0.4) is 0 Å². The van der Waals surface area contributed by atoms with Crippen LogP contribution < -0.4 is 0 Å². The summed E-state index contributed by atoms with van der Waals surface area (Å²) < 4.78 is 12.7. The summed E-state index contributed by atoms with van der Waals surface area (Å²) in [6.45, 7) is 0. The first-order valence-electron chi connectivity index (χ1n) is 17.4. The van der Waals surface area contributed by atoms with Gasteiger partial charge in [0.25, 0.3) is 0 Å². The smallest absolute Gasteiger partial charge is 0.143 e. The first kappa shape index (κ1) is 29.7. The Bertz CT molecular complexity index is 3030. The van der Waals surface area contributed by atoms with Crippen molar-refractivity contribution < 1.29 is 8.83 Å². The molecule has 0 radical (unpaired) electrons. The van der Waals surface area contributed by atoms with E-state index in [2.05, 4.69) is 140 Å². The highest BCUT2D eigenvalue weighted by atomic mass is 16.3. The molecule has 52 heavy (non-hydrogen) atoms. The highest BCUT2D eigenvalue weighted by Gasteiger charge is 2.15. The van der Waals surface area contributed by atoms with E-state index in [1.807, 2.05) is 42.5 Å². The van der Waals surface area contributed by atoms with E-state index < -0.39 is 0 Å². The molecule has 3 heteroatoms. The molecule has 0 aliphatic rings. The second-order valence-corrected chi connectivity index (χ2v) is 13.2. The second kappa shape index (κ2) is 12.0. The number of fused-ring (bicyclic) bond motifs is 6. The van der Waals surface area contributed by atoms with E-state index in [1.54, 1.807) is 0 Å². The molecule has 10 rings (SSSR count). The zero-order chi connectivity index (χ0) is 34.6. The Hall–Kier alpha value is -7.15. The molecule has 0 saturated heterocycles. The lowest BCUT2D eigenvalue weighted by Crippen LogP contribution is -1.87. The van der Waals surface area contributed by atoms with Crippen LogP contribution in [-0.4, -0.2) is 0 Å². The molecule has 8 aromatic carbocycles. The lowest BCUT2D eigenvalue weighted by atomic mass is 9.93. The molecule has 0 amide bonds. The molecule has 0 bridgehead atoms. The summed E-state index contributed by atoms with van der Waals surface area (Å²) in [7, 11) is 0. The van der Waals surface area contributed by atoms with Gasteiger partial charge in [-0.1, -0.05) is 133 Å². The summed E-state index contributed by atoms with van der Waals surface area (Å²) in [5.41, 5.74) is 14.8. The fraction of sp³-hybridized carbons (Fsp3) is 0. The molecule has 0 spiro atoms. The molecule has 0 aliphatic carbocycles. The summed E-state index contributed by atoms with van der Waals surface area (Å²) in [4.78, 5) is 0. The third kappa shape index (κ3) is 4.97. The van der Waals surface area contributed by atoms with Crippen LogP contribution in [0.25, 0.3) is 99.5 Å². The van der Waals surface area contributed by atoms with Crippen LogP contribution >= 0.6 is 0 Å². The van der Waals surface area contributed by atoms with E-state index in [0.717, 1.165) is 99.5 Å². The van der Waals surface area contributed by atoms with Gasteiger partial charge in [-0.2, -0.15) is 5.26 Å². The standard InChI is InChI=1S/C49H29NO2/c50-30-31-25-38(29-39(26-31)35-10-6-12-37(28-35)41-16-8-18-45-43-14-2-4-20-47(43)52-49(41)45)33-23-21-32(22-24-33)34-9-5-11-36(27-34)40-15-7-17-44-42-13-1-3-19-46(42)51-48(40)44/h1-29H. The molecular formula is C49H29NO2. The van der Waals surface area contributed by atoms with Gasteiger partial charge in [0, 0.05) is 32.7 Å².